The predicted molar refractivity (Wildman–Crippen MR) is 74.6 cm³/mol. The standard InChI is InChI=1S/C13H12ClF3N4O/c1-18-12(22)10-6-11(13(15,16)17)20-21(10)9-4-2-3-8(5-9)7-19-14/h2-6,19H,7H2,1H3,(H,18,22). The molecule has 1 aromatic carbocycles. The van der Waals surface area contributed by atoms with Crippen LogP contribution in [0, 0.1) is 0 Å². The molecule has 0 saturated heterocycles. The molecular weight excluding hydrogens is 321 g/mol. The van der Waals surface area contributed by atoms with Crippen LogP contribution in [-0.4, -0.2) is 22.7 Å². The number of amides is 1. The first kappa shape index (κ1) is 16.3. The number of carbonyl (C=O) groups excluding carboxylic acids is 1. The molecule has 2 N–H and O–H groups in total. The van der Waals surface area contributed by atoms with Crippen molar-refractivity contribution in [2.75, 3.05) is 7.05 Å². The number of rotatable bonds is 4. The van der Waals surface area contributed by atoms with Crippen LogP contribution in [0.15, 0.2) is 30.3 Å². The summed E-state index contributed by atoms with van der Waals surface area (Å²) in [5.41, 5.74) is -0.268. The highest BCUT2D eigenvalue weighted by Gasteiger charge is 2.36. The summed E-state index contributed by atoms with van der Waals surface area (Å²) in [6.45, 7) is 0.318. The van der Waals surface area contributed by atoms with E-state index >= 15 is 0 Å². The number of nitrogens with one attached hydrogen (secondary N) is 2. The van der Waals surface area contributed by atoms with E-state index in [-0.39, 0.29) is 5.69 Å². The first-order valence-corrected chi connectivity index (χ1v) is 6.56. The maximum Gasteiger partial charge on any atom is 0.435 e. The Bertz CT molecular complexity index is 684. The molecule has 0 aliphatic heterocycles. The molecule has 5 nitrogen and oxygen atoms in total. The van der Waals surface area contributed by atoms with Gasteiger partial charge in [0.15, 0.2) is 5.69 Å². The Hall–Kier alpha value is -2.06. The fraction of sp³-hybridized carbons (Fsp3) is 0.231. The van der Waals surface area contributed by atoms with Gasteiger partial charge >= 0.3 is 6.18 Å². The van der Waals surface area contributed by atoms with E-state index in [0.717, 1.165) is 10.2 Å². The van der Waals surface area contributed by atoms with Crippen LogP contribution in [0.4, 0.5) is 13.2 Å². The molecule has 0 aliphatic carbocycles. The molecule has 0 bridgehead atoms. The third-order valence-corrected chi connectivity index (χ3v) is 3.02. The lowest BCUT2D eigenvalue weighted by molar-refractivity contribution is -0.141. The molecular formula is C13H12ClF3N4O. The number of carbonyl (C=O) groups is 1. The third kappa shape index (κ3) is 3.40. The lowest BCUT2D eigenvalue weighted by atomic mass is 10.2. The summed E-state index contributed by atoms with van der Waals surface area (Å²) in [7, 11) is 1.33. The van der Waals surface area contributed by atoms with E-state index in [9.17, 15) is 18.0 Å². The molecule has 0 saturated carbocycles. The largest absolute Gasteiger partial charge is 0.435 e. The van der Waals surface area contributed by atoms with Gasteiger partial charge in [-0.3, -0.25) is 4.79 Å². The Morgan fingerprint density at radius 3 is 2.68 bits per heavy atom. The lowest BCUT2D eigenvalue weighted by Gasteiger charge is -2.08. The quantitative estimate of drug-likeness (QED) is 0.846. The molecule has 2 rings (SSSR count). The second kappa shape index (κ2) is 6.37. The molecule has 1 aromatic heterocycles. The summed E-state index contributed by atoms with van der Waals surface area (Å²) in [5.74, 6) is -0.663. The number of aromatic nitrogens is 2. The fourth-order valence-corrected chi connectivity index (χ4v) is 2.04. The van der Waals surface area contributed by atoms with Gasteiger partial charge in [-0.05, 0) is 29.5 Å². The van der Waals surface area contributed by atoms with Gasteiger partial charge in [0.25, 0.3) is 5.91 Å². The monoisotopic (exact) mass is 332 g/mol. The maximum absolute atomic E-state index is 12.8. The topological polar surface area (TPSA) is 59.0 Å². The van der Waals surface area contributed by atoms with Crippen LogP contribution < -0.4 is 10.2 Å². The molecule has 1 heterocycles. The Labute approximate surface area is 129 Å². The van der Waals surface area contributed by atoms with Gasteiger partial charge in [0.1, 0.15) is 5.69 Å². The van der Waals surface area contributed by atoms with Crippen molar-refractivity contribution in [1.82, 2.24) is 19.9 Å². The first-order valence-electron chi connectivity index (χ1n) is 6.19. The van der Waals surface area contributed by atoms with Crippen LogP contribution in [-0.2, 0) is 12.7 Å². The zero-order valence-electron chi connectivity index (χ0n) is 11.4. The van der Waals surface area contributed by atoms with Gasteiger partial charge in [0.05, 0.1) is 5.69 Å². The number of hydrogen-bond donors (Lipinski definition) is 2. The van der Waals surface area contributed by atoms with Gasteiger partial charge < -0.3 is 5.32 Å². The van der Waals surface area contributed by atoms with Gasteiger partial charge in [-0.2, -0.15) is 18.3 Å². The van der Waals surface area contributed by atoms with Gasteiger partial charge in [-0.15, -0.1) is 0 Å². The van der Waals surface area contributed by atoms with Crippen LogP contribution in [0.5, 0.6) is 0 Å². The molecule has 22 heavy (non-hydrogen) atoms. The minimum atomic E-state index is -4.64. The van der Waals surface area contributed by atoms with Crippen molar-refractivity contribution in [3.05, 3.63) is 47.3 Å². The molecule has 9 heteroatoms. The van der Waals surface area contributed by atoms with Crippen LogP contribution >= 0.6 is 11.8 Å². The molecule has 0 aliphatic rings. The molecule has 2 aromatic rings. The number of benzene rings is 1. The highest BCUT2D eigenvalue weighted by Crippen LogP contribution is 2.29. The Kier molecular flexibility index (Phi) is 4.72. The van der Waals surface area contributed by atoms with Crippen molar-refractivity contribution in [1.29, 1.82) is 0 Å². The minimum absolute atomic E-state index is 0.203. The molecule has 0 radical (unpaired) electrons. The molecule has 0 unspecified atom stereocenters. The van der Waals surface area contributed by atoms with Crippen LogP contribution in [0.2, 0.25) is 0 Å². The molecule has 0 fully saturated rings. The Morgan fingerprint density at radius 1 is 1.36 bits per heavy atom. The summed E-state index contributed by atoms with van der Waals surface area (Å²) in [6.07, 6.45) is -4.64. The average Bonchev–Trinajstić information content (AvgIpc) is 2.92. The summed E-state index contributed by atoms with van der Waals surface area (Å²) in [5, 5.41) is 5.79. The van der Waals surface area contributed by atoms with Gasteiger partial charge in [-0.25, -0.2) is 9.52 Å². The molecule has 1 amide bonds. The van der Waals surface area contributed by atoms with E-state index in [1.807, 2.05) is 0 Å². The number of hydrogen-bond acceptors (Lipinski definition) is 3. The molecule has 118 valence electrons. The normalized spacial score (nSPS) is 11.5. The highest BCUT2D eigenvalue weighted by atomic mass is 35.5. The number of nitrogens with zero attached hydrogens (tertiary/aromatic N) is 2. The van der Waals surface area contributed by atoms with Crippen molar-refractivity contribution < 1.29 is 18.0 Å². The lowest BCUT2D eigenvalue weighted by Crippen LogP contribution is -2.21. The fourth-order valence-electron chi connectivity index (χ4n) is 1.88. The summed E-state index contributed by atoms with van der Waals surface area (Å²) >= 11 is 5.42. The smallest absolute Gasteiger partial charge is 0.354 e. The Balaban J connectivity index is 2.55. The van der Waals surface area contributed by atoms with E-state index < -0.39 is 17.8 Å². The van der Waals surface area contributed by atoms with Crippen molar-refractivity contribution in [2.24, 2.45) is 0 Å². The van der Waals surface area contributed by atoms with Crippen molar-refractivity contribution in [2.45, 2.75) is 12.7 Å². The minimum Gasteiger partial charge on any atom is -0.354 e. The van der Waals surface area contributed by atoms with E-state index in [4.69, 9.17) is 11.8 Å². The van der Waals surface area contributed by atoms with Crippen LogP contribution in [0.3, 0.4) is 0 Å². The predicted octanol–water partition coefficient (Wildman–Crippen LogP) is 2.49. The van der Waals surface area contributed by atoms with Crippen LogP contribution in [0.1, 0.15) is 21.7 Å². The van der Waals surface area contributed by atoms with E-state index in [1.54, 1.807) is 24.3 Å². The SMILES string of the molecule is CNC(=O)c1cc(C(F)(F)F)nn1-c1cccc(CNCl)c1. The summed E-state index contributed by atoms with van der Waals surface area (Å²) in [4.78, 5) is 14.2. The van der Waals surface area contributed by atoms with E-state index in [0.29, 0.717) is 18.3 Å². The molecule has 0 spiro atoms. The second-order valence-electron chi connectivity index (χ2n) is 4.38. The molecule has 0 atom stereocenters. The van der Waals surface area contributed by atoms with Crippen molar-refractivity contribution in [3.8, 4) is 5.69 Å². The average molecular weight is 333 g/mol. The van der Waals surface area contributed by atoms with E-state index in [2.05, 4.69) is 15.3 Å². The van der Waals surface area contributed by atoms with Crippen LogP contribution in [0.25, 0.3) is 5.69 Å². The maximum atomic E-state index is 12.8. The summed E-state index contributed by atoms with van der Waals surface area (Å²) in [6, 6.07) is 7.24. The van der Waals surface area contributed by atoms with Gasteiger partial charge in [0.2, 0.25) is 0 Å². The Morgan fingerprint density at radius 2 is 2.09 bits per heavy atom. The highest BCUT2D eigenvalue weighted by molar-refractivity contribution is 6.13. The van der Waals surface area contributed by atoms with Crippen molar-refractivity contribution in [3.63, 3.8) is 0 Å². The van der Waals surface area contributed by atoms with Gasteiger partial charge in [0, 0.05) is 19.7 Å². The number of alkyl halides is 3. The second-order valence-corrected chi connectivity index (χ2v) is 4.65. The third-order valence-electron chi connectivity index (χ3n) is 2.89. The number of halogens is 4. The summed E-state index contributed by atoms with van der Waals surface area (Å²) < 4.78 is 39.4. The van der Waals surface area contributed by atoms with E-state index in [1.165, 1.54) is 7.05 Å². The van der Waals surface area contributed by atoms with Crippen molar-refractivity contribution >= 4 is 17.7 Å². The zero-order valence-corrected chi connectivity index (χ0v) is 12.2. The van der Waals surface area contributed by atoms with Gasteiger partial charge in [-0.1, -0.05) is 12.1 Å². The zero-order chi connectivity index (χ0) is 16.3. The first-order chi connectivity index (χ1) is 10.4.